The number of hydrogen-bond donors (Lipinski definition) is 2. The molecule has 4 heteroatoms. The molecule has 0 saturated carbocycles. The van der Waals surface area contributed by atoms with Gasteiger partial charge in [-0.25, -0.2) is 4.39 Å². The fourth-order valence-electron chi connectivity index (χ4n) is 0.791. The minimum absolute atomic E-state index is 0. The van der Waals surface area contributed by atoms with Crippen molar-refractivity contribution in [3.8, 4) is 0 Å². The summed E-state index contributed by atoms with van der Waals surface area (Å²) in [6.45, 7) is 0.151. The molecule has 0 heterocycles. The van der Waals surface area contributed by atoms with Crippen LogP contribution in [-0.2, 0) is 6.54 Å². The maximum absolute atomic E-state index is 12.7. The zero-order valence-corrected chi connectivity index (χ0v) is 6.70. The first kappa shape index (κ1) is 10.2. The maximum Gasteiger partial charge on any atom is 0.129 e. The second-order valence-electron chi connectivity index (χ2n) is 2.01. The van der Waals surface area contributed by atoms with Crippen molar-refractivity contribution in [2.24, 2.45) is 5.73 Å². The summed E-state index contributed by atoms with van der Waals surface area (Å²) in [6.07, 6.45) is 0. The van der Waals surface area contributed by atoms with Crippen molar-refractivity contribution >= 4 is 18.1 Å². The Kier molecular flexibility index (Phi) is 3.85. The lowest BCUT2D eigenvalue weighted by molar-refractivity contribution is 0.612. The molecule has 0 amide bonds. The predicted molar refractivity (Wildman–Crippen MR) is 46.0 cm³/mol. The Morgan fingerprint density at radius 3 is 2.36 bits per heavy atom. The Hall–Kier alpha value is -0.800. The van der Waals surface area contributed by atoms with Gasteiger partial charge in [-0.3, -0.25) is 0 Å². The van der Waals surface area contributed by atoms with Gasteiger partial charge in [0.05, 0.1) is 0 Å². The van der Waals surface area contributed by atoms with Crippen molar-refractivity contribution in [3.05, 3.63) is 29.6 Å². The minimum Gasteiger partial charge on any atom is -0.398 e. The van der Waals surface area contributed by atoms with Crippen LogP contribution in [0.1, 0.15) is 5.56 Å². The Labute approximate surface area is 70.8 Å². The first-order valence-electron chi connectivity index (χ1n) is 2.98. The minimum atomic E-state index is -0.331. The van der Waals surface area contributed by atoms with Crippen LogP contribution in [0.3, 0.4) is 0 Å². The van der Waals surface area contributed by atoms with Gasteiger partial charge in [-0.1, -0.05) is 6.07 Å². The highest BCUT2D eigenvalue weighted by Crippen LogP contribution is 2.13. The van der Waals surface area contributed by atoms with Crippen molar-refractivity contribution in [2.45, 2.75) is 6.54 Å². The van der Waals surface area contributed by atoms with Crippen LogP contribution < -0.4 is 11.5 Å². The van der Waals surface area contributed by atoms with Gasteiger partial charge in [-0.2, -0.15) is 0 Å². The molecule has 62 valence electrons. The Bertz CT molecular complexity index is 220. The fourth-order valence-corrected chi connectivity index (χ4v) is 0.791. The van der Waals surface area contributed by atoms with Crippen LogP contribution >= 0.6 is 12.4 Å². The topological polar surface area (TPSA) is 52.0 Å². The number of benzene rings is 1. The summed E-state index contributed by atoms with van der Waals surface area (Å²) in [4.78, 5) is 0. The molecule has 0 spiro atoms. The van der Waals surface area contributed by atoms with E-state index in [0.717, 1.165) is 0 Å². The van der Waals surface area contributed by atoms with Gasteiger partial charge in [0.25, 0.3) is 0 Å². The number of anilines is 1. The van der Waals surface area contributed by atoms with E-state index in [1.165, 1.54) is 6.07 Å². The van der Waals surface area contributed by atoms with Crippen LogP contribution in [0.4, 0.5) is 10.1 Å². The first-order valence-corrected chi connectivity index (χ1v) is 2.98. The van der Waals surface area contributed by atoms with Gasteiger partial charge < -0.3 is 11.5 Å². The monoisotopic (exact) mass is 176 g/mol. The molecule has 0 aliphatic carbocycles. The van der Waals surface area contributed by atoms with Gasteiger partial charge in [0.15, 0.2) is 0 Å². The smallest absolute Gasteiger partial charge is 0.129 e. The first-order chi connectivity index (χ1) is 4.75. The van der Waals surface area contributed by atoms with E-state index in [0.29, 0.717) is 11.3 Å². The standard InChI is InChI=1S/C7H9FN2.ClH/c8-6-2-1-3-7(10)5(6)4-9;/h1-3H,4,9-10H2;1H. The van der Waals surface area contributed by atoms with E-state index in [4.69, 9.17) is 11.5 Å². The lowest BCUT2D eigenvalue weighted by Crippen LogP contribution is -2.03. The normalized spacial score (nSPS) is 8.91. The largest absolute Gasteiger partial charge is 0.398 e. The average Bonchev–Trinajstić information content (AvgIpc) is 1.88. The molecule has 0 unspecified atom stereocenters. The van der Waals surface area contributed by atoms with Gasteiger partial charge in [0, 0.05) is 17.8 Å². The van der Waals surface area contributed by atoms with Gasteiger partial charge in [-0.05, 0) is 12.1 Å². The Morgan fingerprint density at radius 1 is 1.36 bits per heavy atom. The van der Waals surface area contributed by atoms with E-state index in [1.54, 1.807) is 12.1 Å². The van der Waals surface area contributed by atoms with Crippen LogP contribution in [-0.4, -0.2) is 0 Å². The van der Waals surface area contributed by atoms with Gasteiger partial charge >= 0.3 is 0 Å². The molecule has 2 nitrogen and oxygen atoms in total. The van der Waals surface area contributed by atoms with E-state index in [1.807, 2.05) is 0 Å². The summed E-state index contributed by atoms with van der Waals surface area (Å²) in [5.41, 5.74) is 11.5. The Morgan fingerprint density at radius 2 is 2.00 bits per heavy atom. The average molecular weight is 177 g/mol. The third-order valence-corrected chi connectivity index (χ3v) is 1.36. The molecule has 0 bridgehead atoms. The summed E-state index contributed by atoms with van der Waals surface area (Å²) < 4.78 is 12.7. The summed E-state index contributed by atoms with van der Waals surface area (Å²) in [7, 11) is 0. The van der Waals surface area contributed by atoms with E-state index >= 15 is 0 Å². The molecule has 0 aromatic heterocycles. The fraction of sp³-hybridized carbons (Fsp3) is 0.143. The summed E-state index contributed by atoms with van der Waals surface area (Å²) in [5, 5.41) is 0. The quantitative estimate of drug-likeness (QED) is 0.634. The van der Waals surface area contributed by atoms with Crippen LogP contribution in [0, 0.1) is 5.82 Å². The van der Waals surface area contributed by atoms with Crippen molar-refractivity contribution in [1.82, 2.24) is 0 Å². The molecule has 0 fully saturated rings. The molecular weight excluding hydrogens is 167 g/mol. The number of nitrogen functional groups attached to an aromatic ring is 1. The molecular formula is C7H10ClFN2. The lowest BCUT2D eigenvalue weighted by atomic mass is 10.2. The van der Waals surface area contributed by atoms with Crippen molar-refractivity contribution < 1.29 is 4.39 Å². The number of halogens is 2. The van der Waals surface area contributed by atoms with Gasteiger partial charge in [0.1, 0.15) is 5.82 Å². The van der Waals surface area contributed by atoms with E-state index < -0.39 is 0 Å². The predicted octanol–water partition coefficient (Wildman–Crippen LogP) is 1.29. The second kappa shape index (κ2) is 4.16. The Balaban J connectivity index is 0.000001000. The van der Waals surface area contributed by atoms with E-state index in [-0.39, 0.29) is 24.8 Å². The SMILES string of the molecule is Cl.NCc1c(N)cccc1F. The van der Waals surface area contributed by atoms with Crippen molar-refractivity contribution in [1.29, 1.82) is 0 Å². The molecule has 0 radical (unpaired) electrons. The molecule has 4 N–H and O–H groups in total. The van der Waals surface area contributed by atoms with Crippen LogP contribution in [0.2, 0.25) is 0 Å². The third-order valence-electron chi connectivity index (χ3n) is 1.36. The van der Waals surface area contributed by atoms with Crippen molar-refractivity contribution in [2.75, 3.05) is 5.73 Å². The summed E-state index contributed by atoms with van der Waals surface area (Å²) in [5.74, 6) is -0.331. The van der Waals surface area contributed by atoms with Gasteiger partial charge in [-0.15, -0.1) is 12.4 Å². The van der Waals surface area contributed by atoms with Gasteiger partial charge in [0.2, 0.25) is 0 Å². The van der Waals surface area contributed by atoms with E-state index in [2.05, 4.69) is 0 Å². The third kappa shape index (κ3) is 2.06. The molecule has 0 aliphatic rings. The van der Waals surface area contributed by atoms with Crippen LogP contribution in [0.5, 0.6) is 0 Å². The lowest BCUT2D eigenvalue weighted by Gasteiger charge is -2.01. The molecule has 1 aromatic carbocycles. The number of nitrogens with two attached hydrogens (primary N) is 2. The number of hydrogen-bond acceptors (Lipinski definition) is 2. The zero-order valence-electron chi connectivity index (χ0n) is 5.88. The molecule has 1 rings (SSSR count). The molecule has 11 heavy (non-hydrogen) atoms. The maximum atomic E-state index is 12.7. The molecule has 0 saturated heterocycles. The summed E-state index contributed by atoms with van der Waals surface area (Å²) >= 11 is 0. The zero-order chi connectivity index (χ0) is 7.56. The molecule has 0 atom stereocenters. The van der Waals surface area contributed by atoms with Crippen LogP contribution in [0.25, 0.3) is 0 Å². The highest BCUT2D eigenvalue weighted by atomic mass is 35.5. The second-order valence-corrected chi connectivity index (χ2v) is 2.01. The summed E-state index contributed by atoms with van der Waals surface area (Å²) in [6, 6.07) is 4.54. The van der Waals surface area contributed by atoms with Crippen molar-refractivity contribution in [3.63, 3.8) is 0 Å². The molecule has 0 aliphatic heterocycles. The highest BCUT2D eigenvalue weighted by molar-refractivity contribution is 5.85. The van der Waals surface area contributed by atoms with Crippen LogP contribution in [0.15, 0.2) is 18.2 Å². The number of rotatable bonds is 1. The highest BCUT2D eigenvalue weighted by Gasteiger charge is 2.01. The van der Waals surface area contributed by atoms with E-state index in [9.17, 15) is 4.39 Å². The molecule has 1 aromatic rings.